The molecule has 2 heterocycles. The van der Waals surface area contributed by atoms with Crippen LogP contribution in [0, 0.1) is 12.8 Å². The van der Waals surface area contributed by atoms with Gasteiger partial charge in [-0.15, -0.1) is 11.3 Å². The van der Waals surface area contributed by atoms with Gasteiger partial charge in [0.1, 0.15) is 0 Å². The fourth-order valence-corrected chi connectivity index (χ4v) is 4.89. The van der Waals surface area contributed by atoms with Gasteiger partial charge in [0.05, 0.1) is 21.3 Å². The number of hydrogen-bond acceptors (Lipinski definition) is 5. The van der Waals surface area contributed by atoms with Crippen LogP contribution >= 0.6 is 11.3 Å². The molecular formula is C23H26N2O2S. The maximum absolute atomic E-state index is 12.7. The molecule has 4 nitrogen and oxygen atoms in total. The number of aliphatic hydroxyl groups excluding tert-OH is 1. The zero-order valence-corrected chi connectivity index (χ0v) is 17.0. The Labute approximate surface area is 169 Å². The van der Waals surface area contributed by atoms with E-state index in [2.05, 4.69) is 34.1 Å². The highest BCUT2D eigenvalue weighted by Gasteiger charge is 2.27. The van der Waals surface area contributed by atoms with Crippen molar-refractivity contribution >= 4 is 27.3 Å². The summed E-state index contributed by atoms with van der Waals surface area (Å²) in [6, 6.07) is 16.1. The van der Waals surface area contributed by atoms with E-state index >= 15 is 0 Å². The minimum absolute atomic E-state index is 0.0205. The summed E-state index contributed by atoms with van der Waals surface area (Å²) in [6.07, 6.45) is 1.51. The summed E-state index contributed by atoms with van der Waals surface area (Å²) < 4.78 is 1.03. The number of thiazole rings is 1. The zero-order chi connectivity index (χ0) is 19.5. The van der Waals surface area contributed by atoms with Gasteiger partial charge in [-0.25, -0.2) is 4.98 Å². The fourth-order valence-electron chi connectivity index (χ4n) is 4.03. The van der Waals surface area contributed by atoms with Gasteiger partial charge in [0, 0.05) is 18.5 Å². The van der Waals surface area contributed by atoms with Gasteiger partial charge in [0.2, 0.25) is 0 Å². The normalized spacial score (nSPS) is 17.1. The number of rotatable bonds is 6. The van der Waals surface area contributed by atoms with Crippen LogP contribution < -0.4 is 0 Å². The Kier molecular flexibility index (Phi) is 5.85. The third kappa shape index (κ3) is 4.49. The monoisotopic (exact) mass is 394 g/mol. The molecule has 1 atom stereocenters. The molecule has 0 bridgehead atoms. The molecule has 146 valence electrons. The Morgan fingerprint density at radius 1 is 1.21 bits per heavy atom. The third-order valence-electron chi connectivity index (χ3n) is 5.64. The maximum Gasteiger partial charge on any atom is 0.165 e. The number of aliphatic hydroxyl groups is 1. The first kappa shape index (κ1) is 19.2. The number of ketones is 1. The number of fused-ring (bicyclic) bond motifs is 1. The lowest BCUT2D eigenvalue weighted by molar-refractivity contribution is 0.0476. The second-order valence-corrected chi connectivity index (χ2v) is 8.94. The second kappa shape index (κ2) is 8.52. The van der Waals surface area contributed by atoms with Crippen LogP contribution in [0.3, 0.4) is 0 Å². The number of benzene rings is 2. The molecule has 28 heavy (non-hydrogen) atoms. The first-order valence-electron chi connectivity index (χ1n) is 9.93. The second-order valence-electron chi connectivity index (χ2n) is 7.71. The van der Waals surface area contributed by atoms with E-state index in [9.17, 15) is 9.90 Å². The van der Waals surface area contributed by atoms with Gasteiger partial charge in [-0.3, -0.25) is 9.69 Å². The Morgan fingerprint density at radius 3 is 2.71 bits per heavy atom. The molecular weight excluding hydrogens is 368 g/mol. The van der Waals surface area contributed by atoms with Gasteiger partial charge in [0.15, 0.2) is 5.78 Å². The van der Waals surface area contributed by atoms with Crippen LogP contribution in [-0.4, -0.2) is 40.0 Å². The molecule has 2 aromatic carbocycles. The summed E-state index contributed by atoms with van der Waals surface area (Å²) >= 11 is 1.60. The van der Waals surface area contributed by atoms with E-state index in [1.165, 1.54) is 5.56 Å². The molecule has 1 aliphatic rings. The Hall–Kier alpha value is -2.08. The minimum Gasteiger partial charge on any atom is -0.392 e. The first-order chi connectivity index (χ1) is 13.6. The predicted molar refractivity (Wildman–Crippen MR) is 114 cm³/mol. The van der Waals surface area contributed by atoms with E-state index in [1.807, 2.05) is 31.2 Å². The number of nitrogens with zero attached hydrogens (tertiary/aromatic N) is 2. The maximum atomic E-state index is 12.7. The van der Waals surface area contributed by atoms with E-state index in [0.29, 0.717) is 5.56 Å². The number of aryl methyl sites for hydroxylation is 1. The largest absolute Gasteiger partial charge is 0.392 e. The van der Waals surface area contributed by atoms with Crippen molar-refractivity contribution in [1.82, 2.24) is 9.88 Å². The van der Waals surface area contributed by atoms with E-state index in [1.54, 1.807) is 11.3 Å². The van der Waals surface area contributed by atoms with E-state index in [4.69, 9.17) is 0 Å². The molecule has 3 aromatic rings. The number of piperidine rings is 1. The van der Waals surface area contributed by atoms with Crippen molar-refractivity contribution in [3.05, 3.63) is 64.7 Å². The van der Waals surface area contributed by atoms with Crippen LogP contribution in [0.1, 0.15) is 40.2 Å². The molecule has 0 amide bonds. The first-order valence-corrected chi connectivity index (χ1v) is 10.7. The summed E-state index contributed by atoms with van der Waals surface area (Å²) in [5.41, 5.74) is 2.94. The molecule has 0 spiro atoms. The van der Waals surface area contributed by atoms with Gasteiger partial charge in [-0.2, -0.15) is 0 Å². The molecule has 0 saturated carbocycles. The van der Waals surface area contributed by atoms with E-state index in [-0.39, 0.29) is 18.1 Å². The number of hydrogen-bond donors (Lipinski definition) is 1. The molecule has 1 saturated heterocycles. The molecule has 5 heteroatoms. The van der Waals surface area contributed by atoms with E-state index in [0.717, 1.165) is 47.7 Å². The van der Waals surface area contributed by atoms with E-state index < -0.39 is 6.10 Å². The van der Waals surface area contributed by atoms with Crippen molar-refractivity contribution in [1.29, 1.82) is 0 Å². The summed E-state index contributed by atoms with van der Waals surface area (Å²) in [4.78, 5) is 19.5. The van der Waals surface area contributed by atoms with Crippen molar-refractivity contribution in [2.45, 2.75) is 38.8 Å². The number of Topliss-reactive ketones (excluding diaryl/α,β-unsaturated/α-hetero) is 1. The lowest BCUT2D eigenvalue weighted by Gasteiger charge is -2.34. The number of likely N-dealkylation sites (tertiary alicyclic amines) is 1. The highest BCUT2D eigenvalue weighted by atomic mass is 32.1. The average molecular weight is 395 g/mol. The Morgan fingerprint density at radius 2 is 1.96 bits per heavy atom. The standard InChI is InChI=1S/C23H26N2O2S/c1-16-24-20-8-7-19(13-23(20)28-16)22(27)14-21(26)18-9-11-25(12-10-18)15-17-5-3-2-4-6-17/h2-8,13,18,21,26H,9-12,14-15H2,1H3. The number of carbonyl (C=O) groups is 1. The highest BCUT2D eigenvalue weighted by molar-refractivity contribution is 7.18. The summed E-state index contributed by atoms with van der Waals surface area (Å²) in [5.74, 6) is 0.220. The minimum atomic E-state index is -0.565. The lowest BCUT2D eigenvalue weighted by atomic mass is 9.87. The zero-order valence-electron chi connectivity index (χ0n) is 16.2. The van der Waals surface area contributed by atoms with Crippen LogP contribution in [0.5, 0.6) is 0 Å². The molecule has 4 rings (SSSR count). The van der Waals surface area contributed by atoms with Gasteiger partial charge in [0.25, 0.3) is 0 Å². The quantitative estimate of drug-likeness (QED) is 0.628. The van der Waals surface area contributed by atoms with Gasteiger partial charge < -0.3 is 5.11 Å². The van der Waals surface area contributed by atoms with Crippen molar-refractivity contribution in [3.63, 3.8) is 0 Å². The number of aromatic nitrogens is 1. The van der Waals surface area contributed by atoms with Crippen molar-refractivity contribution in [3.8, 4) is 0 Å². The Balaban J connectivity index is 1.31. The lowest BCUT2D eigenvalue weighted by Crippen LogP contribution is -2.38. The molecule has 1 aliphatic heterocycles. The van der Waals surface area contributed by atoms with Crippen molar-refractivity contribution < 1.29 is 9.90 Å². The Bertz CT molecular complexity index is 946. The van der Waals surface area contributed by atoms with Gasteiger partial charge in [-0.05, 0) is 62.5 Å². The molecule has 1 aromatic heterocycles. The summed E-state index contributed by atoms with van der Waals surface area (Å²) in [5, 5.41) is 11.7. The number of carbonyl (C=O) groups excluding carboxylic acids is 1. The summed E-state index contributed by atoms with van der Waals surface area (Å²) in [6.45, 7) is 4.87. The van der Waals surface area contributed by atoms with Crippen LogP contribution in [0.25, 0.3) is 10.2 Å². The average Bonchev–Trinajstić information content (AvgIpc) is 3.08. The van der Waals surface area contributed by atoms with Crippen LogP contribution in [-0.2, 0) is 6.54 Å². The molecule has 1 N–H and O–H groups in total. The van der Waals surface area contributed by atoms with Crippen molar-refractivity contribution in [2.75, 3.05) is 13.1 Å². The van der Waals surface area contributed by atoms with Crippen LogP contribution in [0.2, 0.25) is 0 Å². The smallest absolute Gasteiger partial charge is 0.165 e. The fraction of sp³-hybridized carbons (Fsp3) is 0.391. The highest BCUT2D eigenvalue weighted by Crippen LogP contribution is 2.26. The summed E-state index contributed by atoms with van der Waals surface area (Å²) in [7, 11) is 0. The SMILES string of the molecule is Cc1nc2ccc(C(=O)CC(O)C3CCN(Cc4ccccc4)CC3)cc2s1. The van der Waals surface area contributed by atoms with Gasteiger partial charge >= 0.3 is 0 Å². The molecule has 0 radical (unpaired) electrons. The topological polar surface area (TPSA) is 53.4 Å². The molecule has 1 unspecified atom stereocenters. The third-order valence-corrected chi connectivity index (χ3v) is 6.57. The van der Waals surface area contributed by atoms with Crippen molar-refractivity contribution in [2.24, 2.45) is 5.92 Å². The van der Waals surface area contributed by atoms with Crippen LogP contribution in [0.4, 0.5) is 0 Å². The molecule has 1 fully saturated rings. The molecule has 0 aliphatic carbocycles. The predicted octanol–water partition coefficient (Wildman–Crippen LogP) is 4.45. The van der Waals surface area contributed by atoms with Crippen LogP contribution in [0.15, 0.2) is 48.5 Å². The van der Waals surface area contributed by atoms with Gasteiger partial charge in [-0.1, -0.05) is 30.3 Å².